The van der Waals surface area contributed by atoms with Crippen molar-refractivity contribution in [1.29, 1.82) is 0 Å². The Bertz CT molecular complexity index is 756. The number of aromatic nitrogens is 3. The van der Waals surface area contributed by atoms with E-state index in [0.717, 1.165) is 40.6 Å². The number of hydrogen-bond donors (Lipinski definition) is 0. The van der Waals surface area contributed by atoms with Gasteiger partial charge in [-0.05, 0) is 18.6 Å². The second-order valence-electron chi connectivity index (χ2n) is 4.65. The van der Waals surface area contributed by atoms with Crippen molar-refractivity contribution in [2.24, 2.45) is 0 Å². The molecule has 1 aromatic carbocycles. The van der Waals surface area contributed by atoms with Crippen molar-refractivity contribution in [3.8, 4) is 11.3 Å². The van der Waals surface area contributed by atoms with Crippen molar-refractivity contribution in [3.05, 3.63) is 53.6 Å². The van der Waals surface area contributed by atoms with E-state index in [0.29, 0.717) is 5.15 Å². The SMILES string of the molecule is CCCc1c(Cl)ncnc1-c1ccc2cccnc2c1. The largest absolute Gasteiger partial charge is 0.256 e. The monoisotopic (exact) mass is 283 g/mol. The smallest absolute Gasteiger partial charge is 0.136 e. The summed E-state index contributed by atoms with van der Waals surface area (Å²) in [5.41, 5.74) is 3.90. The molecule has 100 valence electrons. The van der Waals surface area contributed by atoms with E-state index in [1.165, 1.54) is 6.33 Å². The lowest BCUT2D eigenvalue weighted by Gasteiger charge is -2.09. The summed E-state index contributed by atoms with van der Waals surface area (Å²) < 4.78 is 0. The Labute approximate surface area is 122 Å². The Morgan fingerprint density at radius 1 is 1.10 bits per heavy atom. The molecule has 0 saturated heterocycles. The number of pyridine rings is 1. The van der Waals surface area contributed by atoms with Gasteiger partial charge in [0.05, 0.1) is 11.2 Å². The van der Waals surface area contributed by atoms with Crippen molar-refractivity contribution < 1.29 is 0 Å². The third-order valence-corrected chi connectivity index (χ3v) is 3.60. The zero-order chi connectivity index (χ0) is 13.9. The molecule has 0 fully saturated rings. The summed E-state index contributed by atoms with van der Waals surface area (Å²) in [7, 11) is 0. The van der Waals surface area contributed by atoms with Gasteiger partial charge < -0.3 is 0 Å². The van der Waals surface area contributed by atoms with Gasteiger partial charge >= 0.3 is 0 Å². The van der Waals surface area contributed by atoms with E-state index in [1.54, 1.807) is 6.20 Å². The zero-order valence-corrected chi connectivity index (χ0v) is 11.9. The van der Waals surface area contributed by atoms with Crippen LogP contribution in [0.3, 0.4) is 0 Å². The summed E-state index contributed by atoms with van der Waals surface area (Å²) in [6.07, 6.45) is 5.19. The molecule has 0 spiro atoms. The maximum atomic E-state index is 6.21. The summed E-state index contributed by atoms with van der Waals surface area (Å²) >= 11 is 6.21. The van der Waals surface area contributed by atoms with Crippen LogP contribution in [0.4, 0.5) is 0 Å². The highest BCUT2D eigenvalue weighted by atomic mass is 35.5. The molecule has 2 heterocycles. The van der Waals surface area contributed by atoms with Gasteiger partial charge in [0.2, 0.25) is 0 Å². The lowest BCUT2D eigenvalue weighted by Crippen LogP contribution is -1.97. The first-order valence-corrected chi connectivity index (χ1v) is 7.02. The molecule has 0 radical (unpaired) electrons. The van der Waals surface area contributed by atoms with Gasteiger partial charge in [0.15, 0.2) is 0 Å². The fourth-order valence-electron chi connectivity index (χ4n) is 2.32. The molecule has 20 heavy (non-hydrogen) atoms. The second-order valence-corrected chi connectivity index (χ2v) is 5.01. The van der Waals surface area contributed by atoms with Crippen molar-refractivity contribution in [1.82, 2.24) is 15.0 Å². The quantitative estimate of drug-likeness (QED) is 0.673. The molecule has 0 atom stereocenters. The van der Waals surface area contributed by atoms with Crippen molar-refractivity contribution in [2.75, 3.05) is 0 Å². The van der Waals surface area contributed by atoms with Gasteiger partial charge in [0, 0.05) is 22.7 Å². The van der Waals surface area contributed by atoms with Crippen LogP contribution in [0, 0.1) is 0 Å². The number of fused-ring (bicyclic) bond motifs is 1. The Morgan fingerprint density at radius 3 is 2.85 bits per heavy atom. The Balaban J connectivity index is 2.17. The summed E-state index contributed by atoms with van der Waals surface area (Å²) in [5.74, 6) is 0. The minimum Gasteiger partial charge on any atom is -0.256 e. The molecule has 2 aromatic heterocycles. The predicted octanol–water partition coefficient (Wildman–Crippen LogP) is 4.30. The first-order chi connectivity index (χ1) is 9.79. The highest BCUT2D eigenvalue weighted by molar-refractivity contribution is 6.30. The lowest BCUT2D eigenvalue weighted by atomic mass is 10.0. The minimum absolute atomic E-state index is 0.540. The number of halogens is 1. The molecule has 0 N–H and O–H groups in total. The summed E-state index contributed by atoms with van der Waals surface area (Å²) in [4.78, 5) is 12.9. The van der Waals surface area contributed by atoms with Gasteiger partial charge in [0.1, 0.15) is 11.5 Å². The average molecular weight is 284 g/mol. The van der Waals surface area contributed by atoms with Gasteiger partial charge in [0.25, 0.3) is 0 Å². The van der Waals surface area contributed by atoms with E-state index in [1.807, 2.05) is 18.2 Å². The topological polar surface area (TPSA) is 38.7 Å². The predicted molar refractivity (Wildman–Crippen MR) is 81.8 cm³/mol. The molecule has 0 amide bonds. The van der Waals surface area contributed by atoms with E-state index >= 15 is 0 Å². The molecule has 3 aromatic rings. The second kappa shape index (κ2) is 5.55. The molecule has 4 heteroatoms. The van der Waals surface area contributed by atoms with Crippen LogP contribution >= 0.6 is 11.6 Å². The Kier molecular flexibility index (Phi) is 3.61. The molecule has 3 rings (SSSR count). The van der Waals surface area contributed by atoms with Crippen molar-refractivity contribution in [2.45, 2.75) is 19.8 Å². The molecular formula is C16H14ClN3. The molecular weight excluding hydrogens is 270 g/mol. The lowest BCUT2D eigenvalue weighted by molar-refractivity contribution is 0.904. The van der Waals surface area contributed by atoms with Crippen LogP contribution in [0.15, 0.2) is 42.9 Å². The molecule has 0 aliphatic rings. The van der Waals surface area contributed by atoms with E-state index in [9.17, 15) is 0 Å². The standard InChI is InChI=1S/C16H14ClN3/c1-2-4-13-15(19-10-20-16(13)17)12-7-6-11-5-3-8-18-14(11)9-12/h3,5-10H,2,4H2,1H3. The summed E-state index contributed by atoms with van der Waals surface area (Å²) in [5, 5.41) is 1.66. The number of hydrogen-bond acceptors (Lipinski definition) is 3. The summed E-state index contributed by atoms with van der Waals surface area (Å²) in [6, 6.07) is 10.1. The van der Waals surface area contributed by atoms with E-state index < -0.39 is 0 Å². The van der Waals surface area contributed by atoms with Gasteiger partial charge in [-0.2, -0.15) is 0 Å². The minimum atomic E-state index is 0.540. The van der Waals surface area contributed by atoms with E-state index in [-0.39, 0.29) is 0 Å². The maximum absolute atomic E-state index is 6.21. The Hall–Kier alpha value is -2.00. The number of nitrogens with zero attached hydrogens (tertiary/aromatic N) is 3. The normalized spacial score (nSPS) is 10.9. The molecule has 0 saturated carbocycles. The van der Waals surface area contributed by atoms with Gasteiger partial charge in [-0.3, -0.25) is 4.98 Å². The maximum Gasteiger partial charge on any atom is 0.136 e. The fraction of sp³-hybridized carbons (Fsp3) is 0.188. The van der Waals surface area contributed by atoms with Crippen LogP contribution in [-0.2, 0) is 6.42 Å². The van der Waals surface area contributed by atoms with Gasteiger partial charge in [-0.1, -0.05) is 43.1 Å². The van der Waals surface area contributed by atoms with E-state index in [4.69, 9.17) is 11.6 Å². The summed E-state index contributed by atoms with van der Waals surface area (Å²) in [6.45, 7) is 2.12. The van der Waals surface area contributed by atoms with Crippen LogP contribution < -0.4 is 0 Å². The first kappa shape index (κ1) is 13.0. The van der Waals surface area contributed by atoms with Crippen LogP contribution in [-0.4, -0.2) is 15.0 Å². The van der Waals surface area contributed by atoms with Crippen molar-refractivity contribution >= 4 is 22.5 Å². The molecule has 0 bridgehead atoms. The zero-order valence-electron chi connectivity index (χ0n) is 11.2. The van der Waals surface area contributed by atoms with E-state index in [2.05, 4.69) is 34.0 Å². The molecule has 3 nitrogen and oxygen atoms in total. The average Bonchev–Trinajstić information content (AvgIpc) is 2.49. The third kappa shape index (κ3) is 2.37. The Morgan fingerprint density at radius 2 is 2.00 bits per heavy atom. The molecule has 0 unspecified atom stereocenters. The van der Waals surface area contributed by atoms with Crippen LogP contribution in [0.25, 0.3) is 22.2 Å². The highest BCUT2D eigenvalue weighted by Gasteiger charge is 2.11. The van der Waals surface area contributed by atoms with Crippen LogP contribution in [0.1, 0.15) is 18.9 Å². The number of rotatable bonds is 3. The first-order valence-electron chi connectivity index (χ1n) is 6.64. The molecule has 0 aliphatic heterocycles. The molecule has 0 aliphatic carbocycles. The number of benzene rings is 1. The van der Waals surface area contributed by atoms with Crippen LogP contribution in [0.5, 0.6) is 0 Å². The highest BCUT2D eigenvalue weighted by Crippen LogP contribution is 2.28. The van der Waals surface area contributed by atoms with Crippen molar-refractivity contribution in [3.63, 3.8) is 0 Å². The fourth-order valence-corrected chi connectivity index (χ4v) is 2.55. The van der Waals surface area contributed by atoms with Gasteiger partial charge in [-0.15, -0.1) is 0 Å². The van der Waals surface area contributed by atoms with Gasteiger partial charge in [-0.25, -0.2) is 9.97 Å². The van der Waals surface area contributed by atoms with Crippen LogP contribution in [0.2, 0.25) is 5.15 Å². The third-order valence-electron chi connectivity index (χ3n) is 3.27.